The molecule has 0 saturated heterocycles. The van der Waals surface area contributed by atoms with Gasteiger partial charge in [-0.3, -0.25) is 0 Å². The first-order chi connectivity index (χ1) is 9.72. The minimum Gasteiger partial charge on any atom is -0.312 e. The lowest BCUT2D eigenvalue weighted by atomic mass is 9.90. The Hall–Kier alpha value is -0.860. The first-order valence-corrected chi connectivity index (χ1v) is 8.29. The van der Waals surface area contributed by atoms with E-state index in [1.807, 2.05) is 0 Å². The Balaban J connectivity index is 1.41. The van der Waals surface area contributed by atoms with Gasteiger partial charge in [0.05, 0.1) is 0 Å². The van der Waals surface area contributed by atoms with E-state index >= 15 is 0 Å². The monoisotopic (exact) mass is 272 g/mol. The van der Waals surface area contributed by atoms with Gasteiger partial charge in [-0.2, -0.15) is 0 Å². The molecule has 2 saturated carbocycles. The van der Waals surface area contributed by atoms with Crippen LogP contribution in [0.4, 0.5) is 0 Å². The second-order valence-corrected chi connectivity index (χ2v) is 6.90. The Labute approximate surface area is 123 Å². The molecule has 2 nitrogen and oxygen atoms in total. The van der Waals surface area contributed by atoms with Crippen LogP contribution in [0.3, 0.4) is 0 Å². The number of rotatable bonds is 5. The summed E-state index contributed by atoms with van der Waals surface area (Å²) in [5.41, 5.74) is 1.51. The highest BCUT2D eigenvalue weighted by molar-refractivity contribution is 5.27. The zero-order chi connectivity index (χ0) is 13.9. The molecule has 0 aromatic heterocycles. The smallest absolute Gasteiger partial charge is 0.0145 e. The molecule has 2 heteroatoms. The second-order valence-electron chi connectivity index (χ2n) is 6.90. The Bertz CT molecular complexity index is 407. The van der Waals surface area contributed by atoms with Gasteiger partial charge >= 0.3 is 0 Å². The molecule has 2 atom stereocenters. The summed E-state index contributed by atoms with van der Waals surface area (Å²) in [6.45, 7) is 4.50. The molecule has 0 bridgehead atoms. The van der Waals surface area contributed by atoms with Crippen LogP contribution in [0.1, 0.15) is 57.4 Å². The number of nitrogens with one attached hydrogen (secondary N) is 2. The van der Waals surface area contributed by atoms with E-state index in [-0.39, 0.29) is 0 Å². The second kappa shape index (κ2) is 6.28. The van der Waals surface area contributed by atoms with E-state index in [0.717, 1.165) is 24.0 Å². The summed E-state index contributed by atoms with van der Waals surface area (Å²) < 4.78 is 0. The summed E-state index contributed by atoms with van der Waals surface area (Å²) in [7, 11) is 0. The van der Waals surface area contributed by atoms with Crippen LogP contribution < -0.4 is 10.6 Å². The third-order valence-electron chi connectivity index (χ3n) is 4.76. The van der Waals surface area contributed by atoms with Crippen molar-refractivity contribution in [2.75, 3.05) is 0 Å². The Morgan fingerprint density at radius 3 is 2.25 bits per heavy atom. The fourth-order valence-corrected chi connectivity index (χ4v) is 3.65. The fraction of sp³-hybridized carbons (Fsp3) is 0.667. The lowest BCUT2D eigenvalue weighted by Gasteiger charge is -2.31. The van der Waals surface area contributed by atoms with Crippen LogP contribution in [-0.2, 0) is 0 Å². The van der Waals surface area contributed by atoms with Crippen molar-refractivity contribution in [3.63, 3.8) is 0 Å². The average Bonchev–Trinajstić information content (AvgIpc) is 3.21. The van der Waals surface area contributed by atoms with E-state index in [4.69, 9.17) is 0 Å². The topological polar surface area (TPSA) is 24.1 Å². The van der Waals surface area contributed by atoms with Gasteiger partial charge in [0, 0.05) is 30.1 Å². The number of hydrogen-bond donors (Lipinski definition) is 2. The van der Waals surface area contributed by atoms with Crippen molar-refractivity contribution in [3.8, 4) is 0 Å². The molecule has 1 aromatic rings. The van der Waals surface area contributed by atoms with E-state index < -0.39 is 0 Å². The van der Waals surface area contributed by atoms with Crippen molar-refractivity contribution in [2.24, 2.45) is 0 Å². The van der Waals surface area contributed by atoms with E-state index in [0.29, 0.717) is 6.04 Å². The normalized spacial score (nSPS) is 33.4. The van der Waals surface area contributed by atoms with Gasteiger partial charge in [0.25, 0.3) is 0 Å². The lowest BCUT2D eigenvalue weighted by Crippen LogP contribution is -2.42. The largest absolute Gasteiger partial charge is 0.312 e. The highest BCUT2D eigenvalue weighted by Crippen LogP contribution is 2.41. The Morgan fingerprint density at radius 2 is 1.60 bits per heavy atom. The molecule has 0 heterocycles. The van der Waals surface area contributed by atoms with E-state index in [1.54, 1.807) is 0 Å². The van der Waals surface area contributed by atoms with E-state index in [9.17, 15) is 0 Å². The third-order valence-corrected chi connectivity index (χ3v) is 4.76. The average molecular weight is 272 g/mol. The Morgan fingerprint density at radius 1 is 0.950 bits per heavy atom. The fourth-order valence-electron chi connectivity index (χ4n) is 3.65. The molecule has 0 unspecified atom stereocenters. The zero-order valence-electron chi connectivity index (χ0n) is 12.8. The molecule has 110 valence electrons. The SMILES string of the molecule is CC(C)NC1CCC(N[C@@H]2C[C@H]2c2ccccc2)CC1. The molecule has 1 aromatic carbocycles. The summed E-state index contributed by atoms with van der Waals surface area (Å²) in [5.74, 6) is 0.766. The molecule has 0 aliphatic heterocycles. The van der Waals surface area contributed by atoms with Crippen LogP contribution in [0.15, 0.2) is 30.3 Å². The summed E-state index contributed by atoms with van der Waals surface area (Å²) in [6.07, 6.45) is 6.66. The molecular formula is C18H28N2. The van der Waals surface area contributed by atoms with Gasteiger partial charge in [-0.15, -0.1) is 0 Å². The molecule has 0 amide bonds. The van der Waals surface area contributed by atoms with Crippen LogP contribution in [0.5, 0.6) is 0 Å². The van der Waals surface area contributed by atoms with Gasteiger partial charge in [-0.05, 0) is 37.7 Å². The van der Waals surface area contributed by atoms with Crippen molar-refractivity contribution in [2.45, 2.75) is 76.0 Å². The van der Waals surface area contributed by atoms with Gasteiger partial charge in [-0.25, -0.2) is 0 Å². The minimum absolute atomic E-state index is 0.621. The zero-order valence-corrected chi connectivity index (χ0v) is 12.8. The van der Waals surface area contributed by atoms with Gasteiger partial charge in [0.15, 0.2) is 0 Å². The van der Waals surface area contributed by atoms with Crippen molar-refractivity contribution in [3.05, 3.63) is 35.9 Å². The Kier molecular flexibility index (Phi) is 4.42. The van der Waals surface area contributed by atoms with Crippen molar-refractivity contribution in [1.29, 1.82) is 0 Å². The van der Waals surface area contributed by atoms with E-state index in [1.165, 1.54) is 37.7 Å². The molecular weight excluding hydrogens is 244 g/mol. The minimum atomic E-state index is 0.621. The third kappa shape index (κ3) is 3.62. The quantitative estimate of drug-likeness (QED) is 0.858. The van der Waals surface area contributed by atoms with Crippen molar-refractivity contribution in [1.82, 2.24) is 10.6 Å². The van der Waals surface area contributed by atoms with E-state index in [2.05, 4.69) is 54.8 Å². The molecule has 3 rings (SSSR count). The predicted octanol–water partition coefficient (Wildman–Crippen LogP) is 3.44. The molecule has 20 heavy (non-hydrogen) atoms. The molecule has 2 fully saturated rings. The summed E-state index contributed by atoms with van der Waals surface area (Å²) >= 11 is 0. The molecule has 2 aliphatic carbocycles. The summed E-state index contributed by atoms with van der Waals surface area (Å²) in [5, 5.41) is 7.57. The molecule has 0 radical (unpaired) electrons. The first-order valence-electron chi connectivity index (χ1n) is 8.29. The standard InChI is InChI=1S/C18H28N2/c1-13(2)19-15-8-10-16(11-9-15)20-18-12-17(18)14-6-4-3-5-7-14/h3-7,13,15-20H,8-12H2,1-2H3/t15?,16?,17-,18+/m0/s1. The van der Waals surface area contributed by atoms with Crippen LogP contribution in [0.25, 0.3) is 0 Å². The van der Waals surface area contributed by atoms with Crippen LogP contribution >= 0.6 is 0 Å². The highest BCUT2D eigenvalue weighted by atomic mass is 15.0. The maximum absolute atomic E-state index is 3.89. The van der Waals surface area contributed by atoms with Gasteiger partial charge < -0.3 is 10.6 Å². The van der Waals surface area contributed by atoms with Gasteiger partial charge in [0.1, 0.15) is 0 Å². The first kappa shape index (κ1) is 14.1. The maximum atomic E-state index is 3.89. The number of benzene rings is 1. The lowest BCUT2D eigenvalue weighted by molar-refractivity contribution is 0.294. The summed E-state index contributed by atoms with van der Waals surface area (Å²) in [4.78, 5) is 0. The van der Waals surface area contributed by atoms with Gasteiger partial charge in [0.2, 0.25) is 0 Å². The predicted molar refractivity (Wildman–Crippen MR) is 85.0 cm³/mol. The summed E-state index contributed by atoms with van der Waals surface area (Å²) in [6, 6.07) is 13.8. The van der Waals surface area contributed by atoms with Crippen LogP contribution in [0, 0.1) is 0 Å². The molecule has 2 aliphatic rings. The number of hydrogen-bond acceptors (Lipinski definition) is 2. The van der Waals surface area contributed by atoms with Crippen molar-refractivity contribution < 1.29 is 0 Å². The van der Waals surface area contributed by atoms with Crippen molar-refractivity contribution >= 4 is 0 Å². The van der Waals surface area contributed by atoms with Crippen LogP contribution in [-0.4, -0.2) is 24.2 Å². The maximum Gasteiger partial charge on any atom is 0.0145 e. The molecule has 0 spiro atoms. The highest BCUT2D eigenvalue weighted by Gasteiger charge is 2.39. The van der Waals surface area contributed by atoms with Crippen LogP contribution in [0.2, 0.25) is 0 Å². The van der Waals surface area contributed by atoms with Gasteiger partial charge in [-0.1, -0.05) is 44.2 Å². The molecule has 2 N–H and O–H groups in total.